The van der Waals surface area contributed by atoms with Gasteiger partial charge in [-0.25, -0.2) is 8.78 Å². The van der Waals surface area contributed by atoms with Crippen LogP contribution in [0.15, 0.2) is 18.2 Å². The van der Waals surface area contributed by atoms with Crippen LogP contribution < -0.4 is 10.2 Å². The van der Waals surface area contributed by atoms with Crippen molar-refractivity contribution in [1.29, 1.82) is 0 Å². The average molecular weight is 240 g/mol. The van der Waals surface area contributed by atoms with E-state index in [9.17, 15) is 8.78 Å². The van der Waals surface area contributed by atoms with E-state index in [0.29, 0.717) is 5.69 Å². The van der Waals surface area contributed by atoms with Crippen molar-refractivity contribution in [3.63, 3.8) is 0 Å². The molecule has 1 unspecified atom stereocenters. The summed E-state index contributed by atoms with van der Waals surface area (Å²) >= 11 is 0. The number of nitrogens with one attached hydrogen (secondary N) is 1. The van der Waals surface area contributed by atoms with Crippen LogP contribution in [0, 0.1) is 11.6 Å². The molecule has 94 valence electrons. The quantitative estimate of drug-likeness (QED) is 0.854. The average Bonchev–Trinajstić information content (AvgIpc) is 2.28. The molecule has 1 aromatic carbocycles. The monoisotopic (exact) mass is 240 g/mol. The first-order chi connectivity index (χ1) is 8.02. The summed E-state index contributed by atoms with van der Waals surface area (Å²) in [5, 5.41) is 3.44. The Labute approximate surface area is 101 Å². The molecule has 2 rings (SSSR count). The summed E-state index contributed by atoms with van der Waals surface area (Å²) in [5.41, 5.74) is 0.643. The predicted molar refractivity (Wildman–Crippen MR) is 65.3 cm³/mol. The minimum Gasteiger partial charge on any atom is -0.368 e. The molecule has 0 saturated carbocycles. The Hall–Kier alpha value is -1.16. The molecule has 1 aromatic rings. The van der Waals surface area contributed by atoms with Crippen molar-refractivity contribution in [2.24, 2.45) is 0 Å². The highest BCUT2D eigenvalue weighted by Gasteiger charge is 2.29. The highest BCUT2D eigenvalue weighted by molar-refractivity contribution is 5.48. The molecule has 1 heterocycles. The fourth-order valence-electron chi connectivity index (χ4n) is 2.23. The lowest BCUT2D eigenvalue weighted by Crippen LogP contribution is -2.58. The number of nitrogens with zero attached hydrogens (tertiary/aromatic N) is 1. The van der Waals surface area contributed by atoms with Gasteiger partial charge in [0.1, 0.15) is 11.6 Å². The van der Waals surface area contributed by atoms with Crippen LogP contribution >= 0.6 is 0 Å². The number of halogens is 2. The van der Waals surface area contributed by atoms with Crippen LogP contribution in [0.5, 0.6) is 0 Å². The molecule has 4 heteroatoms. The maximum Gasteiger partial charge on any atom is 0.128 e. The Morgan fingerprint density at radius 3 is 2.53 bits per heavy atom. The minimum atomic E-state index is -0.517. The number of anilines is 1. The summed E-state index contributed by atoms with van der Waals surface area (Å²) in [6.07, 6.45) is 0.987. The van der Waals surface area contributed by atoms with Gasteiger partial charge in [0.05, 0.1) is 0 Å². The van der Waals surface area contributed by atoms with Crippen molar-refractivity contribution in [2.75, 3.05) is 24.5 Å². The van der Waals surface area contributed by atoms with Gasteiger partial charge in [-0.2, -0.15) is 0 Å². The lowest BCUT2D eigenvalue weighted by atomic mass is 9.95. The van der Waals surface area contributed by atoms with E-state index < -0.39 is 11.6 Å². The van der Waals surface area contributed by atoms with Crippen molar-refractivity contribution < 1.29 is 8.78 Å². The maximum absolute atomic E-state index is 13.2. The fourth-order valence-corrected chi connectivity index (χ4v) is 2.23. The molecule has 1 aliphatic rings. The SMILES string of the molecule is CCC1(C)CN(c2cc(F)cc(F)c2)CCN1. The van der Waals surface area contributed by atoms with E-state index in [1.54, 1.807) is 0 Å². The molecule has 1 N–H and O–H groups in total. The third-order valence-electron chi connectivity index (χ3n) is 3.47. The van der Waals surface area contributed by atoms with Gasteiger partial charge >= 0.3 is 0 Å². The van der Waals surface area contributed by atoms with E-state index in [1.807, 2.05) is 4.90 Å². The molecule has 1 saturated heterocycles. The number of benzene rings is 1. The third kappa shape index (κ3) is 2.75. The minimum absolute atomic E-state index is 0.0149. The Morgan fingerprint density at radius 2 is 1.94 bits per heavy atom. The summed E-state index contributed by atoms with van der Waals surface area (Å²) in [5.74, 6) is -1.03. The highest BCUT2D eigenvalue weighted by Crippen LogP contribution is 2.23. The molecule has 0 aromatic heterocycles. The third-order valence-corrected chi connectivity index (χ3v) is 3.47. The number of rotatable bonds is 2. The van der Waals surface area contributed by atoms with Gasteiger partial charge in [0, 0.05) is 36.9 Å². The maximum atomic E-state index is 13.2. The molecule has 1 atom stereocenters. The summed E-state index contributed by atoms with van der Waals surface area (Å²) in [7, 11) is 0. The van der Waals surface area contributed by atoms with Crippen LogP contribution in [-0.2, 0) is 0 Å². The summed E-state index contributed by atoms with van der Waals surface area (Å²) < 4.78 is 26.4. The van der Waals surface area contributed by atoms with Crippen LogP contribution in [-0.4, -0.2) is 25.2 Å². The molecular weight excluding hydrogens is 222 g/mol. The second kappa shape index (κ2) is 4.61. The van der Waals surface area contributed by atoms with Gasteiger partial charge < -0.3 is 10.2 Å². The highest BCUT2D eigenvalue weighted by atomic mass is 19.1. The second-order valence-electron chi connectivity index (χ2n) is 4.89. The number of hydrogen-bond donors (Lipinski definition) is 1. The van der Waals surface area contributed by atoms with Crippen molar-refractivity contribution in [2.45, 2.75) is 25.8 Å². The molecule has 0 amide bonds. The van der Waals surface area contributed by atoms with E-state index in [1.165, 1.54) is 12.1 Å². The van der Waals surface area contributed by atoms with Crippen LogP contribution in [0.2, 0.25) is 0 Å². The molecule has 2 nitrogen and oxygen atoms in total. The van der Waals surface area contributed by atoms with Crippen LogP contribution in [0.3, 0.4) is 0 Å². The van der Waals surface area contributed by atoms with Crippen molar-refractivity contribution in [3.8, 4) is 0 Å². The van der Waals surface area contributed by atoms with Crippen LogP contribution in [0.4, 0.5) is 14.5 Å². The lowest BCUT2D eigenvalue weighted by molar-refractivity contribution is 0.314. The molecule has 17 heavy (non-hydrogen) atoms. The van der Waals surface area contributed by atoms with E-state index in [4.69, 9.17) is 0 Å². The van der Waals surface area contributed by atoms with Crippen LogP contribution in [0.1, 0.15) is 20.3 Å². The smallest absolute Gasteiger partial charge is 0.128 e. The van der Waals surface area contributed by atoms with Gasteiger partial charge in [-0.3, -0.25) is 0 Å². The number of hydrogen-bond acceptors (Lipinski definition) is 2. The first kappa shape index (κ1) is 12.3. The van der Waals surface area contributed by atoms with Crippen molar-refractivity contribution in [1.82, 2.24) is 5.32 Å². The lowest BCUT2D eigenvalue weighted by Gasteiger charge is -2.42. The van der Waals surface area contributed by atoms with Gasteiger partial charge in [0.2, 0.25) is 0 Å². The van der Waals surface area contributed by atoms with Gasteiger partial charge in [0.15, 0.2) is 0 Å². The zero-order valence-electron chi connectivity index (χ0n) is 10.3. The summed E-state index contributed by atoms with van der Waals surface area (Å²) in [4.78, 5) is 2.03. The van der Waals surface area contributed by atoms with Crippen molar-refractivity contribution in [3.05, 3.63) is 29.8 Å². The van der Waals surface area contributed by atoms with E-state index in [2.05, 4.69) is 19.2 Å². The van der Waals surface area contributed by atoms with E-state index in [0.717, 1.165) is 32.1 Å². The summed E-state index contributed by atoms with van der Waals surface area (Å²) in [6.45, 7) is 6.63. The predicted octanol–water partition coefficient (Wildman–Crippen LogP) is 2.54. The van der Waals surface area contributed by atoms with E-state index >= 15 is 0 Å². The zero-order valence-corrected chi connectivity index (χ0v) is 10.3. The fraction of sp³-hybridized carbons (Fsp3) is 0.538. The topological polar surface area (TPSA) is 15.3 Å². The standard InChI is InChI=1S/C13H18F2N2/c1-3-13(2)9-17(5-4-16-13)12-7-10(14)6-11(15)8-12/h6-8,16H,3-5,9H2,1-2H3. The molecule has 0 spiro atoms. The molecule has 1 aliphatic heterocycles. The molecule has 0 radical (unpaired) electrons. The van der Waals surface area contributed by atoms with E-state index in [-0.39, 0.29) is 5.54 Å². The largest absolute Gasteiger partial charge is 0.368 e. The molecule has 1 fully saturated rings. The van der Waals surface area contributed by atoms with Gasteiger partial charge in [0.25, 0.3) is 0 Å². The zero-order chi connectivity index (χ0) is 12.5. The number of piperazine rings is 1. The Balaban J connectivity index is 2.21. The van der Waals surface area contributed by atoms with Crippen molar-refractivity contribution >= 4 is 5.69 Å². The Bertz CT molecular complexity index is 388. The second-order valence-corrected chi connectivity index (χ2v) is 4.89. The molecule has 0 aliphatic carbocycles. The normalized spacial score (nSPS) is 25.1. The Morgan fingerprint density at radius 1 is 1.29 bits per heavy atom. The van der Waals surface area contributed by atoms with Gasteiger partial charge in [-0.05, 0) is 25.5 Å². The first-order valence-corrected chi connectivity index (χ1v) is 5.98. The first-order valence-electron chi connectivity index (χ1n) is 5.98. The molecule has 0 bridgehead atoms. The van der Waals surface area contributed by atoms with Crippen LogP contribution in [0.25, 0.3) is 0 Å². The Kier molecular flexibility index (Phi) is 3.33. The summed E-state index contributed by atoms with van der Waals surface area (Å²) in [6, 6.07) is 3.69. The van der Waals surface area contributed by atoms with Gasteiger partial charge in [-0.1, -0.05) is 6.92 Å². The molecular formula is C13H18F2N2. The van der Waals surface area contributed by atoms with Gasteiger partial charge in [-0.15, -0.1) is 0 Å².